The molecule has 3 rings (SSSR count). The molecule has 1 saturated heterocycles. The van der Waals surface area contributed by atoms with Crippen molar-refractivity contribution in [3.63, 3.8) is 0 Å². The molecule has 0 aliphatic carbocycles. The number of fused-ring (bicyclic) bond motifs is 1. The first-order valence-corrected chi connectivity index (χ1v) is 6.06. The van der Waals surface area contributed by atoms with E-state index in [1.807, 2.05) is 16.5 Å². The Kier molecular flexibility index (Phi) is 2.79. The summed E-state index contributed by atoms with van der Waals surface area (Å²) < 4.78 is 12.5. The number of ether oxygens (including phenoxy) is 2. The third kappa shape index (κ3) is 1.69. The summed E-state index contributed by atoms with van der Waals surface area (Å²) in [7, 11) is 1.62. The minimum Gasteiger partial charge on any atom is -0.493 e. The molecule has 0 atom stereocenters. The van der Waals surface area contributed by atoms with Gasteiger partial charge in [0.05, 0.1) is 7.11 Å². The quantitative estimate of drug-likeness (QED) is 0.864. The maximum atomic E-state index is 6.03. The van der Waals surface area contributed by atoms with E-state index in [1.54, 1.807) is 7.11 Å². The molecule has 6 heteroatoms. The minimum atomic E-state index is 0.350. The van der Waals surface area contributed by atoms with Gasteiger partial charge in [0.2, 0.25) is 5.65 Å². The van der Waals surface area contributed by atoms with Crippen molar-refractivity contribution in [3.8, 4) is 5.75 Å². The van der Waals surface area contributed by atoms with E-state index >= 15 is 0 Å². The zero-order valence-electron chi connectivity index (χ0n) is 10.3. The van der Waals surface area contributed by atoms with Crippen LogP contribution >= 0.6 is 0 Å². The number of rotatable bonds is 2. The van der Waals surface area contributed by atoms with Gasteiger partial charge in [-0.25, -0.2) is 0 Å². The Bertz CT molecular complexity index is 560. The smallest absolute Gasteiger partial charge is 0.204 e. The van der Waals surface area contributed by atoms with Gasteiger partial charge in [-0.2, -0.15) is 0 Å². The van der Waals surface area contributed by atoms with Crippen molar-refractivity contribution in [3.05, 3.63) is 18.0 Å². The number of nitrogens with zero attached hydrogens (tertiary/aromatic N) is 3. The third-order valence-corrected chi connectivity index (χ3v) is 3.38. The molecule has 96 valence electrons. The van der Waals surface area contributed by atoms with Gasteiger partial charge in [-0.15, -0.1) is 10.2 Å². The topological polar surface area (TPSA) is 74.7 Å². The number of pyridine rings is 1. The Morgan fingerprint density at radius 2 is 2.11 bits per heavy atom. The number of nitrogen functional groups attached to an aromatic ring is 1. The highest BCUT2D eigenvalue weighted by molar-refractivity contribution is 5.59. The van der Waals surface area contributed by atoms with Crippen LogP contribution in [-0.2, 0) is 4.74 Å². The molecule has 0 unspecified atom stereocenters. The molecule has 0 aromatic carbocycles. The summed E-state index contributed by atoms with van der Waals surface area (Å²) in [5, 5.41) is 8.48. The summed E-state index contributed by atoms with van der Waals surface area (Å²) in [5.41, 5.74) is 6.71. The van der Waals surface area contributed by atoms with Crippen LogP contribution in [0.1, 0.15) is 24.6 Å². The van der Waals surface area contributed by atoms with Crippen LogP contribution in [0.2, 0.25) is 0 Å². The number of aromatic nitrogens is 3. The number of nitrogens with two attached hydrogens (primary N) is 1. The Labute approximate surface area is 105 Å². The van der Waals surface area contributed by atoms with E-state index in [4.69, 9.17) is 15.2 Å². The normalized spacial score (nSPS) is 17.2. The van der Waals surface area contributed by atoms with Gasteiger partial charge < -0.3 is 15.2 Å². The van der Waals surface area contributed by atoms with Crippen LogP contribution in [0.15, 0.2) is 12.1 Å². The molecular formula is C12H16N4O2. The Balaban J connectivity index is 2.12. The second kappa shape index (κ2) is 4.45. The summed E-state index contributed by atoms with van der Waals surface area (Å²) in [6.45, 7) is 1.53. The van der Waals surface area contributed by atoms with E-state index in [1.165, 1.54) is 0 Å². The van der Waals surface area contributed by atoms with Crippen LogP contribution in [-0.4, -0.2) is 34.9 Å². The molecule has 0 bridgehead atoms. The van der Waals surface area contributed by atoms with Crippen LogP contribution in [0.4, 0.5) is 5.82 Å². The maximum absolute atomic E-state index is 6.03. The molecule has 0 spiro atoms. The van der Waals surface area contributed by atoms with Crippen molar-refractivity contribution < 1.29 is 9.47 Å². The molecule has 1 aliphatic rings. The predicted molar refractivity (Wildman–Crippen MR) is 66.7 cm³/mol. The van der Waals surface area contributed by atoms with Crippen molar-refractivity contribution >= 4 is 11.5 Å². The first-order valence-electron chi connectivity index (χ1n) is 6.06. The van der Waals surface area contributed by atoms with Gasteiger partial charge in [-0.05, 0) is 25.0 Å². The first kappa shape index (κ1) is 11.3. The molecule has 18 heavy (non-hydrogen) atoms. The zero-order chi connectivity index (χ0) is 12.5. The highest BCUT2D eigenvalue weighted by Gasteiger charge is 2.23. The molecule has 0 radical (unpaired) electrons. The third-order valence-electron chi connectivity index (χ3n) is 3.38. The number of methoxy groups -OCH3 is 1. The van der Waals surface area contributed by atoms with Gasteiger partial charge in [0.15, 0.2) is 5.75 Å². The van der Waals surface area contributed by atoms with Crippen LogP contribution in [0.3, 0.4) is 0 Å². The molecule has 2 aromatic heterocycles. The highest BCUT2D eigenvalue weighted by Crippen LogP contribution is 2.29. The summed E-state index contributed by atoms with van der Waals surface area (Å²) in [6.07, 6.45) is 1.91. The fraction of sp³-hybridized carbons (Fsp3) is 0.500. The van der Waals surface area contributed by atoms with E-state index in [0.29, 0.717) is 23.1 Å². The molecule has 0 amide bonds. The van der Waals surface area contributed by atoms with Gasteiger partial charge in [-0.1, -0.05) is 0 Å². The van der Waals surface area contributed by atoms with Crippen LogP contribution in [0, 0.1) is 0 Å². The fourth-order valence-electron chi connectivity index (χ4n) is 2.40. The van der Waals surface area contributed by atoms with Crippen LogP contribution in [0.25, 0.3) is 5.65 Å². The number of hydrogen-bond donors (Lipinski definition) is 1. The number of anilines is 1. The largest absolute Gasteiger partial charge is 0.493 e. The van der Waals surface area contributed by atoms with Crippen molar-refractivity contribution in [2.45, 2.75) is 18.8 Å². The average Bonchev–Trinajstić information content (AvgIpc) is 2.86. The summed E-state index contributed by atoms with van der Waals surface area (Å²) in [6, 6.07) is 3.63. The monoisotopic (exact) mass is 248 g/mol. The first-order chi connectivity index (χ1) is 8.81. The zero-order valence-corrected chi connectivity index (χ0v) is 10.3. The number of hydrogen-bond acceptors (Lipinski definition) is 5. The lowest BCUT2D eigenvalue weighted by atomic mass is 9.99. The maximum Gasteiger partial charge on any atom is 0.204 e. The molecule has 2 aromatic rings. The lowest BCUT2D eigenvalue weighted by Gasteiger charge is -2.20. The van der Waals surface area contributed by atoms with Crippen molar-refractivity contribution in [2.75, 3.05) is 26.1 Å². The molecule has 0 saturated carbocycles. The van der Waals surface area contributed by atoms with E-state index in [9.17, 15) is 0 Å². The molecule has 3 heterocycles. The van der Waals surface area contributed by atoms with Gasteiger partial charge in [0.1, 0.15) is 11.6 Å². The van der Waals surface area contributed by atoms with Gasteiger partial charge in [0, 0.05) is 19.1 Å². The summed E-state index contributed by atoms with van der Waals surface area (Å²) in [4.78, 5) is 0. The fourth-order valence-corrected chi connectivity index (χ4v) is 2.40. The van der Waals surface area contributed by atoms with Crippen molar-refractivity contribution in [1.29, 1.82) is 0 Å². The van der Waals surface area contributed by atoms with Crippen LogP contribution < -0.4 is 10.5 Å². The second-order valence-electron chi connectivity index (χ2n) is 4.43. The predicted octanol–water partition coefficient (Wildman–Crippen LogP) is 1.21. The Morgan fingerprint density at radius 3 is 2.83 bits per heavy atom. The van der Waals surface area contributed by atoms with E-state index in [0.717, 1.165) is 31.9 Å². The van der Waals surface area contributed by atoms with Crippen molar-refractivity contribution in [1.82, 2.24) is 14.6 Å². The van der Waals surface area contributed by atoms with Crippen molar-refractivity contribution in [2.24, 2.45) is 0 Å². The second-order valence-corrected chi connectivity index (χ2v) is 4.43. The van der Waals surface area contributed by atoms with Gasteiger partial charge in [0.25, 0.3) is 0 Å². The Hall–Kier alpha value is -1.82. The molecule has 1 fully saturated rings. The van der Waals surface area contributed by atoms with Gasteiger partial charge in [-0.3, -0.25) is 4.40 Å². The Morgan fingerprint density at radius 1 is 1.33 bits per heavy atom. The minimum absolute atomic E-state index is 0.350. The molecule has 6 nitrogen and oxygen atoms in total. The summed E-state index contributed by atoms with van der Waals surface area (Å²) in [5.74, 6) is 2.58. The molecule has 2 N–H and O–H groups in total. The average molecular weight is 248 g/mol. The van der Waals surface area contributed by atoms with Gasteiger partial charge >= 0.3 is 0 Å². The SMILES string of the molecule is COc1ccc(N)n2c(C3CCOCC3)nnc12. The lowest BCUT2D eigenvalue weighted by molar-refractivity contribution is 0.0834. The molecule has 1 aliphatic heterocycles. The van der Waals surface area contributed by atoms with E-state index < -0.39 is 0 Å². The highest BCUT2D eigenvalue weighted by atomic mass is 16.5. The van der Waals surface area contributed by atoms with Crippen LogP contribution in [0.5, 0.6) is 5.75 Å². The van der Waals surface area contributed by atoms with E-state index in [2.05, 4.69) is 10.2 Å². The molecular weight excluding hydrogens is 232 g/mol. The standard InChI is InChI=1S/C12H16N4O2/c1-17-9-2-3-10(13)16-11(14-15-12(9)16)8-4-6-18-7-5-8/h2-3,8H,4-7,13H2,1H3. The lowest BCUT2D eigenvalue weighted by Crippen LogP contribution is -2.17. The summed E-state index contributed by atoms with van der Waals surface area (Å²) >= 11 is 0. The van der Waals surface area contributed by atoms with E-state index in [-0.39, 0.29) is 0 Å².